The molecule has 1 aliphatic heterocycles. The minimum Gasteiger partial charge on any atom is -0.316 e. The lowest BCUT2D eigenvalue weighted by molar-refractivity contribution is 0.165. The van der Waals surface area contributed by atoms with Gasteiger partial charge < -0.3 is 5.32 Å². The van der Waals surface area contributed by atoms with Crippen LogP contribution in [0.15, 0.2) is 18.5 Å². The SMILES string of the molecule is CC(C)CNCC1CCCN(Cc2ccncc2Cl)C1. The number of likely N-dealkylation sites (tertiary alicyclic amines) is 1. The molecule has 1 saturated heterocycles. The van der Waals surface area contributed by atoms with E-state index in [0.29, 0.717) is 0 Å². The molecule has 0 bridgehead atoms. The third-order valence-corrected chi connectivity index (χ3v) is 4.18. The molecule has 1 N–H and O–H groups in total. The summed E-state index contributed by atoms with van der Waals surface area (Å²) in [6.07, 6.45) is 6.19. The van der Waals surface area contributed by atoms with Gasteiger partial charge in [-0.3, -0.25) is 9.88 Å². The van der Waals surface area contributed by atoms with Crippen molar-refractivity contribution in [3.8, 4) is 0 Å². The normalized spacial score (nSPS) is 20.5. The number of rotatable bonds is 6. The quantitative estimate of drug-likeness (QED) is 0.873. The molecule has 0 spiro atoms. The van der Waals surface area contributed by atoms with E-state index in [0.717, 1.165) is 36.5 Å². The van der Waals surface area contributed by atoms with E-state index >= 15 is 0 Å². The van der Waals surface area contributed by atoms with E-state index in [-0.39, 0.29) is 0 Å². The number of halogens is 1. The zero-order valence-electron chi connectivity index (χ0n) is 12.6. The minimum absolute atomic E-state index is 0.727. The molecule has 1 aliphatic rings. The van der Waals surface area contributed by atoms with Gasteiger partial charge in [-0.05, 0) is 55.9 Å². The molecular weight excluding hydrogens is 270 g/mol. The Labute approximate surface area is 127 Å². The van der Waals surface area contributed by atoms with Gasteiger partial charge in [-0.2, -0.15) is 0 Å². The van der Waals surface area contributed by atoms with Gasteiger partial charge in [-0.1, -0.05) is 25.4 Å². The number of piperidine rings is 1. The lowest BCUT2D eigenvalue weighted by atomic mass is 9.97. The van der Waals surface area contributed by atoms with E-state index < -0.39 is 0 Å². The fourth-order valence-electron chi connectivity index (χ4n) is 2.81. The third-order valence-electron chi connectivity index (χ3n) is 3.84. The summed E-state index contributed by atoms with van der Waals surface area (Å²) in [6, 6.07) is 2.03. The van der Waals surface area contributed by atoms with Crippen LogP contribution < -0.4 is 5.32 Å². The molecule has 0 radical (unpaired) electrons. The van der Waals surface area contributed by atoms with Crippen LogP contribution in [0, 0.1) is 11.8 Å². The van der Waals surface area contributed by atoms with Crippen LogP contribution in [-0.4, -0.2) is 36.1 Å². The van der Waals surface area contributed by atoms with Gasteiger partial charge in [0.15, 0.2) is 0 Å². The Kier molecular flexibility index (Phi) is 6.27. The molecule has 1 aromatic rings. The molecule has 20 heavy (non-hydrogen) atoms. The second kappa shape index (κ2) is 7.96. The van der Waals surface area contributed by atoms with Crippen LogP contribution in [0.4, 0.5) is 0 Å². The topological polar surface area (TPSA) is 28.2 Å². The summed E-state index contributed by atoms with van der Waals surface area (Å²) in [5.41, 5.74) is 1.19. The highest BCUT2D eigenvalue weighted by Gasteiger charge is 2.20. The van der Waals surface area contributed by atoms with Crippen molar-refractivity contribution >= 4 is 11.6 Å². The number of hydrogen-bond donors (Lipinski definition) is 1. The van der Waals surface area contributed by atoms with Crippen LogP contribution in [0.5, 0.6) is 0 Å². The summed E-state index contributed by atoms with van der Waals surface area (Å²) in [5, 5.41) is 4.37. The molecule has 0 saturated carbocycles. The first-order valence-electron chi connectivity index (χ1n) is 7.66. The molecule has 0 aromatic carbocycles. The molecule has 2 heterocycles. The van der Waals surface area contributed by atoms with Crippen molar-refractivity contribution < 1.29 is 0 Å². The van der Waals surface area contributed by atoms with E-state index in [9.17, 15) is 0 Å². The van der Waals surface area contributed by atoms with Gasteiger partial charge in [-0.25, -0.2) is 0 Å². The van der Waals surface area contributed by atoms with E-state index in [4.69, 9.17) is 11.6 Å². The fourth-order valence-corrected chi connectivity index (χ4v) is 2.99. The Balaban J connectivity index is 1.80. The summed E-state index contributed by atoms with van der Waals surface area (Å²) in [6.45, 7) is 10.1. The Morgan fingerprint density at radius 3 is 3.10 bits per heavy atom. The van der Waals surface area contributed by atoms with Crippen molar-refractivity contribution in [2.24, 2.45) is 11.8 Å². The first kappa shape index (κ1) is 15.7. The van der Waals surface area contributed by atoms with Gasteiger partial charge in [0.1, 0.15) is 0 Å². The first-order valence-corrected chi connectivity index (χ1v) is 8.04. The first-order chi connectivity index (χ1) is 9.65. The van der Waals surface area contributed by atoms with Gasteiger partial charge in [0.05, 0.1) is 5.02 Å². The number of pyridine rings is 1. The van der Waals surface area contributed by atoms with Crippen molar-refractivity contribution in [1.29, 1.82) is 0 Å². The smallest absolute Gasteiger partial charge is 0.0634 e. The minimum atomic E-state index is 0.727. The molecular formula is C16H26ClN3. The maximum absolute atomic E-state index is 6.20. The van der Waals surface area contributed by atoms with Crippen molar-refractivity contribution in [3.63, 3.8) is 0 Å². The summed E-state index contributed by atoms with van der Waals surface area (Å²) < 4.78 is 0. The molecule has 0 aliphatic carbocycles. The summed E-state index contributed by atoms with van der Waals surface area (Å²) in [4.78, 5) is 6.57. The van der Waals surface area contributed by atoms with Crippen molar-refractivity contribution in [2.45, 2.75) is 33.2 Å². The Morgan fingerprint density at radius 2 is 2.35 bits per heavy atom. The number of nitrogens with zero attached hydrogens (tertiary/aromatic N) is 2. The van der Waals surface area contributed by atoms with Crippen LogP contribution in [-0.2, 0) is 6.54 Å². The van der Waals surface area contributed by atoms with E-state index in [1.807, 2.05) is 12.3 Å². The van der Waals surface area contributed by atoms with Gasteiger partial charge in [0.25, 0.3) is 0 Å². The standard InChI is InChI=1S/C16H26ClN3/c1-13(2)8-19-9-14-4-3-7-20(11-14)12-15-5-6-18-10-16(15)17/h5-6,10,13-14,19H,3-4,7-9,11-12H2,1-2H3. The highest BCUT2D eigenvalue weighted by atomic mass is 35.5. The summed E-state index contributed by atoms with van der Waals surface area (Å²) in [7, 11) is 0. The number of aromatic nitrogens is 1. The van der Waals surface area contributed by atoms with Crippen LogP contribution in [0.1, 0.15) is 32.3 Å². The van der Waals surface area contributed by atoms with Gasteiger partial charge in [-0.15, -0.1) is 0 Å². The maximum atomic E-state index is 6.20. The zero-order valence-corrected chi connectivity index (χ0v) is 13.4. The van der Waals surface area contributed by atoms with Crippen LogP contribution in [0.2, 0.25) is 5.02 Å². The fraction of sp³-hybridized carbons (Fsp3) is 0.688. The Bertz CT molecular complexity index is 408. The molecule has 4 heteroatoms. The third kappa shape index (κ3) is 5.04. The van der Waals surface area contributed by atoms with Crippen molar-refractivity contribution in [1.82, 2.24) is 15.2 Å². The Hall–Kier alpha value is -0.640. The predicted octanol–water partition coefficient (Wildman–Crippen LogP) is 3.19. The highest BCUT2D eigenvalue weighted by molar-refractivity contribution is 6.31. The van der Waals surface area contributed by atoms with Crippen LogP contribution in [0.25, 0.3) is 0 Å². The molecule has 1 fully saturated rings. The maximum Gasteiger partial charge on any atom is 0.0634 e. The molecule has 1 aromatic heterocycles. The van der Waals surface area contributed by atoms with Crippen molar-refractivity contribution in [3.05, 3.63) is 29.0 Å². The lowest BCUT2D eigenvalue weighted by Gasteiger charge is -2.33. The lowest BCUT2D eigenvalue weighted by Crippen LogP contribution is -2.39. The van der Waals surface area contributed by atoms with Crippen LogP contribution >= 0.6 is 11.6 Å². The number of nitrogens with one attached hydrogen (secondary N) is 1. The molecule has 0 amide bonds. The predicted molar refractivity (Wildman–Crippen MR) is 85.0 cm³/mol. The van der Waals surface area contributed by atoms with E-state index in [2.05, 4.69) is 29.0 Å². The molecule has 2 rings (SSSR count). The molecule has 1 atom stereocenters. The van der Waals surface area contributed by atoms with E-state index in [1.165, 1.54) is 31.5 Å². The summed E-state index contributed by atoms with van der Waals surface area (Å²) in [5.74, 6) is 1.49. The Morgan fingerprint density at radius 1 is 1.50 bits per heavy atom. The zero-order chi connectivity index (χ0) is 14.4. The largest absolute Gasteiger partial charge is 0.316 e. The second-order valence-corrected chi connectivity index (χ2v) is 6.67. The van der Waals surface area contributed by atoms with Gasteiger partial charge in [0, 0.05) is 25.5 Å². The van der Waals surface area contributed by atoms with Gasteiger partial charge in [0.2, 0.25) is 0 Å². The molecule has 1 unspecified atom stereocenters. The van der Waals surface area contributed by atoms with E-state index in [1.54, 1.807) is 6.20 Å². The molecule has 3 nitrogen and oxygen atoms in total. The molecule has 112 valence electrons. The van der Waals surface area contributed by atoms with Crippen molar-refractivity contribution in [2.75, 3.05) is 26.2 Å². The monoisotopic (exact) mass is 295 g/mol. The average molecular weight is 296 g/mol. The average Bonchev–Trinajstić information content (AvgIpc) is 2.41. The summed E-state index contributed by atoms with van der Waals surface area (Å²) >= 11 is 6.20. The second-order valence-electron chi connectivity index (χ2n) is 6.26. The van der Waals surface area contributed by atoms with Crippen LogP contribution in [0.3, 0.4) is 0 Å². The van der Waals surface area contributed by atoms with Gasteiger partial charge >= 0.3 is 0 Å². The highest BCUT2D eigenvalue weighted by Crippen LogP contribution is 2.21. The number of hydrogen-bond acceptors (Lipinski definition) is 3.